The summed E-state index contributed by atoms with van der Waals surface area (Å²) in [5.41, 5.74) is 17.2. The molecule has 0 N–H and O–H groups in total. The minimum absolute atomic E-state index is 0.471. The molecule has 3 nitrogen and oxygen atoms in total. The van der Waals surface area contributed by atoms with Gasteiger partial charge in [-0.2, -0.15) is 0 Å². The van der Waals surface area contributed by atoms with E-state index >= 15 is 0 Å². The van der Waals surface area contributed by atoms with Crippen LogP contribution >= 0.6 is 0 Å². The second-order valence-corrected chi connectivity index (χ2v) is 14.7. The maximum atomic E-state index is 5.27. The van der Waals surface area contributed by atoms with Crippen LogP contribution in [0.4, 0.5) is 0 Å². The van der Waals surface area contributed by atoms with E-state index in [1.54, 1.807) is 0 Å². The van der Waals surface area contributed by atoms with E-state index in [2.05, 4.69) is 209 Å². The zero-order valence-electron chi connectivity index (χ0n) is 29.9. The van der Waals surface area contributed by atoms with Crippen LogP contribution < -0.4 is 0 Å². The van der Waals surface area contributed by atoms with Crippen molar-refractivity contribution in [2.24, 2.45) is 0 Å². The van der Waals surface area contributed by atoms with E-state index in [-0.39, 0.29) is 0 Å². The molecule has 11 aromatic rings. The number of fused-ring (bicyclic) bond motifs is 11. The maximum Gasteiger partial charge on any atom is 0.0950 e. The van der Waals surface area contributed by atoms with Crippen molar-refractivity contribution in [3.05, 3.63) is 222 Å². The van der Waals surface area contributed by atoms with Crippen molar-refractivity contribution in [3.8, 4) is 28.1 Å². The summed E-state index contributed by atoms with van der Waals surface area (Å²) in [4.78, 5) is 5.27. The molecule has 0 radical (unpaired) electrons. The molecule has 0 amide bonds. The number of rotatable bonds is 4. The standard InChI is InChI=1S/C52H33N3/c1-3-16-36(17-4-1)52(37-18-5-2-6-19-37)43-22-10-8-20-39(43)41-32-42-40-21-9-13-25-47(40)54(49(42)33-44(41)52)38-29-27-34(28-30-38)51-50-31-35-15-7-12-24-46(35)55(50)48-26-14-11-23-45(48)53-51/h1-33H. The molecule has 3 heterocycles. The molecule has 1 aliphatic rings. The van der Waals surface area contributed by atoms with Gasteiger partial charge >= 0.3 is 0 Å². The first-order valence-electron chi connectivity index (χ1n) is 19.0. The lowest BCUT2D eigenvalue weighted by Gasteiger charge is -2.34. The molecule has 256 valence electrons. The van der Waals surface area contributed by atoms with Crippen LogP contribution in [0.2, 0.25) is 0 Å². The summed E-state index contributed by atoms with van der Waals surface area (Å²) in [6.45, 7) is 0. The van der Waals surface area contributed by atoms with Gasteiger partial charge < -0.3 is 8.97 Å². The van der Waals surface area contributed by atoms with Gasteiger partial charge in [0, 0.05) is 27.4 Å². The number of nitrogens with zero attached hydrogens (tertiary/aromatic N) is 3. The summed E-state index contributed by atoms with van der Waals surface area (Å²) in [5.74, 6) is 0. The van der Waals surface area contributed by atoms with E-state index in [9.17, 15) is 0 Å². The van der Waals surface area contributed by atoms with Crippen molar-refractivity contribution in [1.82, 2.24) is 14.0 Å². The molecule has 0 saturated carbocycles. The minimum Gasteiger partial charge on any atom is -0.309 e. The van der Waals surface area contributed by atoms with Crippen molar-refractivity contribution < 1.29 is 0 Å². The Morgan fingerprint density at radius 1 is 0.400 bits per heavy atom. The lowest BCUT2D eigenvalue weighted by molar-refractivity contribution is 0.769. The predicted octanol–water partition coefficient (Wildman–Crippen LogP) is 12.8. The first-order chi connectivity index (χ1) is 27.3. The molecule has 8 aromatic carbocycles. The van der Waals surface area contributed by atoms with E-state index in [1.807, 2.05) is 0 Å². The fourth-order valence-electron chi connectivity index (χ4n) is 9.68. The third-order valence-electron chi connectivity index (χ3n) is 12.0. The van der Waals surface area contributed by atoms with E-state index in [0.717, 1.165) is 33.5 Å². The highest BCUT2D eigenvalue weighted by Gasteiger charge is 2.46. The quantitative estimate of drug-likeness (QED) is 0.179. The largest absolute Gasteiger partial charge is 0.309 e. The molecule has 1 aliphatic carbocycles. The summed E-state index contributed by atoms with van der Waals surface area (Å²) in [6, 6.07) is 73.2. The predicted molar refractivity (Wildman–Crippen MR) is 227 cm³/mol. The van der Waals surface area contributed by atoms with Gasteiger partial charge in [0.05, 0.1) is 44.2 Å². The number of hydrogen-bond donors (Lipinski definition) is 0. The van der Waals surface area contributed by atoms with Crippen molar-refractivity contribution >= 4 is 49.3 Å². The van der Waals surface area contributed by atoms with Gasteiger partial charge in [-0.25, -0.2) is 4.98 Å². The third-order valence-corrected chi connectivity index (χ3v) is 12.0. The number of benzene rings is 8. The van der Waals surface area contributed by atoms with Crippen LogP contribution in [0.5, 0.6) is 0 Å². The SMILES string of the molecule is c1ccc(C2(c3ccccc3)c3ccccc3-c3cc4c5ccccc5n(-c5ccc(-c6nc7ccccc7n7c6cc6ccccc67)cc5)c4cc32)cc1. The van der Waals surface area contributed by atoms with Crippen LogP contribution in [0.15, 0.2) is 200 Å². The van der Waals surface area contributed by atoms with Gasteiger partial charge in [-0.3, -0.25) is 0 Å². The molecular weight excluding hydrogens is 667 g/mol. The normalized spacial score (nSPS) is 13.2. The summed E-state index contributed by atoms with van der Waals surface area (Å²) in [6.07, 6.45) is 0. The van der Waals surface area contributed by atoms with Gasteiger partial charge in [0.2, 0.25) is 0 Å². The first-order valence-corrected chi connectivity index (χ1v) is 19.0. The van der Waals surface area contributed by atoms with Gasteiger partial charge in [0.25, 0.3) is 0 Å². The average Bonchev–Trinajstić information content (AvgIpc) is 3.90. The highest BCUT2D eigenvalue weighted by Crippen LogP contribution is 2.57. The molecule has 0 fully saturated rings. The van der Waals surface area contributed by atoms with E-state index < -0.39 is 5.41 Å². The van der Waals surface area contributed by atoms with Crippen LogP contribution in [-0.4, -0.2) is 14.0 Å². The Hall–Kier alpha value is -7.23. The Kier molecular flexibility index (Phi) is 6.26. The molecule has 12 rings (SSSR count). The van der Waals surface area contributed by atoms with Gasteiger partial charge in [0.15, 0.2) is 0 Å². The second-order valence-electron chi connectivity index (χ2n) is 14.7. The summed E-state index contributed by atoms with van der Waals surface area (Å²) in [5, 5.41) is 3.71. The number of hydrogen-bond acceptors (Lipinski definition) is 1. The molecule has 0 atom stereocenters. The molecule has 55 heavy (non-hydrogen) atoms. The fourth-order valence-corrected chi connectivity index (χ4v) is 9.68. The highest BCUT2D eigenvalue weighted by molar-refractivity contribution is 6.12. The average molecular weight is 700 g/mol. The highest BCUT2D eigenvalue weighted by atomic mass is 15.0. The zero-order valence-corrected chi connectivity index (χ0v) is 29.9. The monoisotopic (exact) mass is 699 g/mol. The van der Waals surface area contributed by atoms with Crippen molar-refractivity contribution in [3.63, 3.8) is 0 Å². The molecule has 0 saturated heterocycles. The van der Waals surface area contributed by atoms with E-state index in [1.165, 1.54) is 66.1 Å². The van der Waals surface area contributed by atoms with Gasteiger partial charge in [0.1, 0.15) is 0 Å². The molecule has 0 unspecified atom stereocenters. The van der Waals surface area contributed by atoms with Crippen LogP contribution in [-0.2, 0) is 5.41 Å². The smallest absolute Gasteiger partial charge is 0.0950 e. The van der Waals surface area contributed by atoms with Crippen LogP contribution in [0.25, 0.3) is 77.3 Å². The van der Waals surface area contributed by atoms with Crippen molar-refractivity contribution in [1.29, 1.82) is 0 Å². The maximum absolute atomic E-state index is 5.27. The first kappa shape index (κ1) is 30.3. The van der Waals surface area contributed by atoms with Crippen LogP contribution in [0.1, 0.15) is 22.3 Å². The molecule has 0 spiro atoms. The van der Waals surface area contributed by atoms with Gasteiger partial charge in [-0.1, -0.05) is 146 Å². The molecule has 0 bridgehead atoms. The topological polar surface area (TPSA) is 22.2 Å². The van der Waals surface area contributed by atoms with Crippen LogP contribution in [0, 0.1) is 0 Å². The summed E-state index contributed by atoms with van der Waals surface area (Å²) >= 11 is 0. The van der Waals surface area contributed by atoms with Crippen molar-refractivity contribution in [2.75, 3.05) is 0 Å². The minimum atomic E-state index is -0.471. The van der Waals surface area contributed by atoms with Crippen LogP contribution in [0.3, 0.4) is 0 Å². The second kappa shape index (κ2) is 11.4. The van der Waals surface area contributed by atoms with Crippen molar-refractivity contribution in [2.45, 2.75) is 5.41 Å². The lowest BCUT2D eigenvalue weighted by Crippen LogP contribution is -2.28. The Morgan fingerprint density at radius 3 is 1.82 bits per heavy atom. The van der Waals surface area contributed by atoms with Gasteiger partial charge in [-0.05, 0) is 88.0 Å². The Labute approximate surface area is 318 Å². The number of aromatic nitrogens is 3. The molecular formula is C52H33N3. The van der Waals surface area contributed by atoms with E-state index in [0.29, 0.717) is 0 Å². The summed E-state index contributed by atoms with van der Waals surface area (Å²) < 4.78 is 4.81. The third kappa shape index (κ3) is 4.12. The zero-order chi connectivity index (χ0) is 36.1. The Balaban J connectivity index is 1.11. The number of para-hydroxylation sites is 4. The van der Waals surface area contributed by atoms with Gasteiger partial charge in [-0.15, -0.1) is 0 Å². The molecule has 3 aromatic heterocycles. The lowest BCUT2D eigenvalue weighted by atomic mass is 9.67. The molecule has 0 aliphatic heterocycles. The van der Waals surface area contributed by atoms with E-state index in [4.69, 9.17) is 4.98 Å². The molecule has 3 heteroatoms. The summed E-state index contributed by atoms with van der Waals surface area (Å²) in [7, 11) is 0. The fraction of sp³-hybridized carbons (Fsp3) is 0.0192. The Bertz CT molecular complexity index is 3260. The Morgan fingerprint density at radius 2 is 1.04 bits per heavy atom.